The van der Waals surface area contributed by atoms with E-state index in [0.717, 1.165) is 11.8 Å². The van der Waals surface area contributed by atoms with Crippen LogP contribution in [-0.2, 0) is 6.18 Å². The molecule has 1 heterocycles. The summed E-state index contributed by atoms with van der Waals surface area (Å²) in [5.74, 6) is 0.363. The predicted octanol–water partition coefficient (Wildman–Crippen LogP) is 6.08. The van der Waals surface area contributed by atoms with E-state index in [1.807, 2.05) is 39.0 Å². The van der Waals surface area contributed by atoms with Crippen molar-refractivity contribution >= 4 is 23.1 Å². The van der Waals surface area contributed by atoms with Gasteiger partial charge in [0.2, 0.25) is 5.95 Å². The van der Waals surface area contributed by atoms with Crippen LogP contribution in [-0.4, -0.2) is 16.1 Å². The largest absolute Gasteiger partial charge is 0.491 e. The summed E-state index contributed by atoms with van der Waals surface area (Å²) in [6.45, 7) is 5.67. The van der Waals surface area contributed by atoms with Crippen molar-refractivity contribution < 1.29 is 17.9 Å². The van der Waals surface area contributed by atoms with Crippen LogP contribution in [0.25, 0.3) is 0 Å². The summed E-state index contributed by atoms with van der Waals surface area (Å²) >= 11 is 0. The number of aromatic nitrogens is 2. The molecule has 29 heavy (non-hydrogen) atoms. The first-order chi connectivity index (χ1) is 13.7. The molecule has 1 aromatic heterocycles. The Bertz CT molecular complexity index is 972. The minimum absolute atomic E-state index is 0.00239. The minimum Gasteiger partial charge on any atom is -0.491 e. The van der Waals surface area contributed by atoms with Gasteiger partial charge in [-0.15, -0.1) is 0 Å². The highest BCUT2D eigenvalue weighted by Gasteiger charge is 2.35. The Kier molecular flexibility index (Phi) is 5.91. The third-order valence-electron chi connectivity index (χ3n) is 3.97. The summed E-state index contributed by atoms with van der Waals surface area (Å²) in [7, 11) is 0. The molecule has 0 saturated heterocycles. The molecule has 0 unspecified atom stereocenters. The number of hydrogen-bond acceptors (Lipinski definition) is 5. The van der Waals surface area contributed by atoms with Crippen LogP contribution >= 0.6 is 0 Å². The zero-order valence-electron chi connectivity index (χ0n) is 16.2. The molecule has 0 amide bonds. The standard InChI is InChI=1S/C21H21F3N4O/c1-13(2)29-16-10-8-15(9-11-16)26-19-17(21(22,23)24)12-25-20(28-19)27-18-7-5-4-6-14(18)3/h4-13H,1-3H3,(H2,25,26,27,28). The molecule has 2 N–H and O–H groups in total. The zero-order valence-corrected chi connectivity index (χ0v) is 16.2. The lowest BCUT2D eigenvalue weighted by Crippen LogP contribution is -2.12. The number of aryl methyl sites for hydroxylation is 1. The summed E-state index contributed by atoms with van der Waals surface area (Å²) in [6.07, 6.45) is -3.82. The molecule has 0 spiro atoms. The molecule has 0 atom stereocenters. The van der Waals surface area contributed by atoms with E-state index in [-0.39, 0.29) is 17.9 Å². The number of halogens is 3. The molecule has 3 aromatic rings. The van der Waals surface area contributed by atoms with Gasteiger partial charge in [-0.25, -0.2) is 4.98 Å². The number of hydrogen-bond donors (Lipinski definition) is 2. The van der Waals surface area contributed by atoms with Gasteiger partial charge in [-0.2, -0.15) is 18.2 Å². The van der Waals surface area contributed by atoms with Crippen molar-refractivity contribution in [3.8, 4) is 5.75 Å². The van der Waals surface area contributed by atoms with Crippen molar-refractivity contribution in [2.75, 3.05) is 10.6 Å². The summed E-state index contributed by atoms with van der Waals surface area (Å²) in [4.78, 5) is 7.89. The molecule has 0 bridgehead atoms. The van der Waals surface area contributed by atoms with E-state index in [2.05, 4.69) is 20.6 Å². The first-order valence-corrected chi connectivity index (χ1v) is 9.03. The van der Waals surface area contributed by atoms with Gasteiger partial charge in [0.1, 0.15) is 17.1 Å². The van der Waals surface area contributed by atoms with Gasteiger partial charge in [0.25, 0.3) is 0 Å². The van der Waals surface area contributed by atoms with Crippen molar-refractivity contribution in [3.05, 3.63) is 65.9 Å². The van der Waals surface area contributed by atoms with E-state index in [0.29, 0.717) is 17.1 Å². The van der Waals surface area contributed by atoms with Crippen molar-refractivity contribution in [3.63, 3.8) is 0 Å². The van der Waals surface area contributed by atoms with Crippen LogP contribution in [0.2, 0.25) is 0 Å². The topological polar surface area (TPSA) is 59.1 Å². The third kappa shape index (κ3) is 5.37. The Morgan fingerprint density at radius 1 is 0.966 bits per heavy atom. The van der Waals surface area contributed by atoms with Gasteiger partial charge in [-0.1, -0.05) is 18.2 Å². The van der Waals surface area contributed by atoms with Crippen LogP contribution in [0.5, 0.6) is 5.75 Å². The van der Waals surface area contributed by atoms with Gasteiger partial charge in [-0.3, -0.25) is 0 Å². The second kappa shape index (κ2) is 8.38. The lowest BCUT2D eigenvalue weighted by molar-refractivity contribution is -0.137. The number of nitrogens with zero attached hydrogens (tertiary/aromatic N) is 2. The zero-order chi connectivity index (χ0) is 21.0. The van der Waals surface area contributed by atoms with Gasteiger partial charge in [0, 0.05) is 17.6 Å². The van der Waals surface area contributed by atoms with E-state index >= 15 is 0 Å². The Balaban J connectivity index is 1.89. The molecule has 0 saturated carbocycles. The first-order valence-electron chi connectivity index (χ1n) is 9.03. The molecular weight excluding hydrogens is 381 g/mol. The molecule has 152 valence electrons. The number of alkyl halides is 3. The fourth-order valence-electron chi connectivity index (χ4n) is 2.60. The van der Waals surface area contributed by atoms with Crippen LogP contribution in [0.4, 0.5) is 36.3 Å². The van der Waals surface area contributed by atoms with Gasteiger partial charge < -0.3 is 15.4 Å². The number of rotatable bonds is 6. The molecule has 0 aliphatic rings. The van der Waals surface area contributed by atoms with Crippen molar-refractivity contribution in [2.45, 2.75) is 33.1 Å². The summed E-state index contributed by atoms with van der Waals surface area (Å²) in [6, 6.07) is 14.0. The van der Waals surface area contributed by atoms with Crippen molar-refractivity contribution in [2.24, 2.45) is 0 Å². The van der Waals surface area contributed by atoms with E-state index in [4.69, 9.17) is 4.74 Å². The van der Waals surface area contributed by atoms with Crippen LogP contribution in [0, 0.1) is 6.92 Å². The normalized spacial score (nSPS) is 11.4. The molecule has 8 heteroatoms. The molecule has 0 aliphatic carbocycles. The van der Waals surface area contributed by atoms with Crippen LogP contribution in [0.15, 0.2) is 54.7 Å². The quantitative estimate of drug-likeness (QED) is 0.523. The van der Waals surface area contributed by atoms with E-state index in [1.165, 1.54) is 0 Å². The number of benzene rings is 2. The minimum atomic E-state index is -4.59. The lowest BCUT2D eigenvalue weighted by Gasteiger charge is -2.16. The number of ether oxygens (including phenoxy) is 1. The third-order valence-corrected chi connectivity index (χ3v) is 3.97. The monoisotopic (exact) mass is 402 g/mol. The van der Waals surface area contributed by atoms with Gasteiger partial charge >= 0.3 is 6.18 Å². The summed E-state index contributed by atoms with van der Waals surface area (Å²) in [5, 5.41) is 5.69. The second-order valence-corrected chi connectivity index (χ2v) is 6.71. The Morgan fingerprint density at radius 3 is 2.28 bits per heavy atom. The fraction of sp³-hybridized carbons (Fsp3) is 0.238. The van der Waals surface area contributed by atoms with E-state index in [9.17, 15) is 13.2 Å². The second-order valence-electron chi connectivity index (χ2n) is 6.71. The SMILES string of the molecule is Cc1ccccc1Nc1ncc(C(F)(F)F)c(Nc2ccc(OC(C)C)cc2)n1. The average molecular weight is 402 g/mol. The van der Waals surface area contributed by atoms with Gasteiger partial charge in [0.05, 0.1) is 6.10 Å². The molecule has 5 nitrogen and oxygen atoms in total. The maximum absolute atomic E-state index is 13.4. The van der Waals surface area contributed by atoms with Crippen LogP contribution in [0.3, 0.4) is 0 Å². The molecular formula is C21H21F3N4O. The highest BCUT2D eigenvalue weighted by molar-refractivity contribution is 5.64. The van der Waals surface area contributed by atoms with Crippen LogP contribution < -0.4 is 15.4 Å². The highest BCUT2D eigenvalue weighted by Crippen LogP contribution is 2.35. The molecule has 2 aromatic carbocycles. The lowest BCUT2D eigenvalue weighted by atomic mass is 10.2. The smallest absolute Gasteiger partial charge is 0.421 e. The van der Waals surface area contributed by atoms with E-state index < -0.39 is 11.7 Å². The Hall–Kier alpha value is -3.29. The maximum Gasteiger partial charge on any atom is 0.421 e. The Morgan fingerprint density at radius 2 is 1.66 bits per heavy atom. The van der Waals surface area contributed by atoms with Gasteiger partial charge in [0.15, 0.2) is 0 Å². The summed E-state index contributed by atoms with van der Waals surface area (Å²) < 4.78 is 45.8. The fourth-order valence-corrected chi connectivity index (χ4v) is 2.60. The predicted molar refractivity (Wildman–Crippen MR) is 107 cm³/mol. The first kappa shape index (κ1) is 20.4. The number of nitrogens with one attached hydrogen (secondary N) is 2. The number of anilines is 4. The molecule has 0 aliphatic heterocycles. The highest BCUT2D eigenvalue weighted by atomic mass is 19.4. The number of para-hydroxylation sites is 1. The average Bonchev–Trinajstić information content (AvgIpc) is 2.64. The van der Waals surface area contributed by atoms with E-state index in [1.54, 1.807) is 30.3 Å². The van der Waals surface area contributed by atoms with Crippen LogP contribution in [0.1, 0.15) is 25.0 Å². The maximum atomic E-state index is 13.4. The Labute approximate surface area is 167 Å². The summed E-state index contributed by atoms with van der Waals surface area (Å²) in [5.41, 5.74) is 1.14. The molecule has 0 fully saturated rings. The molecule has 3 rings (SSSR count). The van der Waals surface area contributed by atoms with Crippen molar-refractivity contribution in [1.29, 1.82) is 0 Å². The molecule has 0 radical (unpaired) electrons. The van der Waals surface area contributed by atoms with Gasteiger partial charge in [-0.05, 0) is 56.7 Å². The van der Waals surface area contributed by atoms with Crippen molar-refractivity contribution in [1.82, 2.24) is 9.97 Å².